The van der Waals surface area contributed by atoms with Gasteiger partial charge in [0, 0.05) is 6.07 Å². The number of nitrogens with two attached hydrogens (primary N) is 1. The molecular weight excluding hydrogens is 170 g/mol. The minimum atomic E-state index is -0.495. The Balaban J connectivity index is 2.54. The fourth-order valence-corrected chi connectivity index (χ4v) is 0.822. The average Bonchev–Trinajstić information content (AvgIpc) is 2.49. The number of nitrogens with zero attached hydrogens (tertiary/aromatic N) is 1. The Hall–Kier alpha value is -1.36. The first-order valence-electron chi connectivity index (χ1n) is 4.13. The molecule has 0 aliphatic heterocycles. The summed E-state index contributed by atoms with van der Waals surface area (Å²) in [5.74, 6) is 0.0880. The minimum Gasteiger partial charge on any atom is -0.338 e. The van der Waals surface area contributed by atoms with Crippen molar-refractivity contribution < 1.29 is 9.32 Å². The van der Waals surface area contributed by atoms with Gasteiger partial charge in [-0.3, -0.25) is 10.1 Å². The van der Waals surface area contributed by atoms with Crippen molar-refractivity contribution in [1.29, 1.82) is 0 Å². The molecule has 5 nitrogen and oxygen atoms in total. The maximum atomic E-state index is 11.2. The predicted molar refractivity (Wildman–Crippen MR) is 48.1 cm³/mol. The molecule has 3 N–H and O–H groups in total. The van der Waals surface area contributed by atoms with Crippen LogP contribution < -0.4 is 11.1 Å². The van der Waals surface area contributed by atoms with Crippen molar-refractivity contribution in [2.45, 2.75) is 26.3 Å². The lowest BCUT2D eigenvalue weighted by Gasteiger charge is -2.06. The summed E-state index contributed by atoms with van der Waals surface area (Å²) in [5.41, 5.74) is 6.22. The number of carbonyl (C=O) groups is 1. The van der Waals surface area contributed by atoms with Gasteiger partial charge in [-0.25, -0.2) is 0 Å². The van der Waals surface area contributed by atoms with Gasteiger partial charge in [-0.05, 0) is 13.3 Å². The van der Waals surface area contributed by atoms with Crippen LogP contribution in [0.4, 0.5) is 5.88 Å². The van der Waals surface area contributed by atoms with Crippen LogP contribution in [0.3, 0.4) is 0 Å². The molecule has 1 heterocycles. The zero-order chi connectivity index (χ0) is 9.84. The van der Waals surface area contributed by atoms with Gasteiger partial charge in [0.2, 0.25) is 11.8 Å². The first kappa shape index (κ1) is 9.73. The van der Waals surface area contributed by atoms with E-state index in [0.717, 1.165) is 5.69 Å². The van der Waals surface area contributed by atoms with E-state index in [-0.39, 0.29) is 5.91 Å². The highest BCUT2D eigenvalue weighted by atomic mass is 16.5. The molecule has 5 heteroatoms. The van der Waals surface area contributed by atoms with Crippen LogP contribution in [0.5, 0.6) is 0 Å². The van der Waals surface area contributed by atoms with Crippen molar-refractivity contribution >= 4 is 11.8 Å². The molecule has 0 saturated carbocycles. The quantitative estimate of drug-likeness (QED) is 0.721. The van der Waals surface area contributed by atoms with Crippen molar-refractivity contribution in [3.63, 3.8) is 0 Å². The summed E-state index contributed by atoms with van der Waals surface area (Å²) < 4.78 is 4.79. The van der Waals surface area contributed by atoms with E-state index in [2.05, 4.69) is 10.5 Å². The third-order valence-electron chi connectivity index (χ3n) is 1.65. The van der Waals surface area contributed by atoms with Crippen LogP contribution in [0.2, 0.25) is 0 Å². The van der Waals surface area contributed by atoms with Crippen molar-refractivity contribution in [2.24, 2.45) is 5.73 Å². The molecule has 0 fully saturated rings. The summed E-state index contributed by atoms with van der Waals surface area (Å²) in [6, 6.07) is 1.14. The Kier molecular flexibility index (Phi) is 3.02. The van der Waals surface area contributed by atoms with Crippen LogP contribution in [0.1, 0.15) is 19.0 Å². The van der Waals surface area contributed by atoms with Gasteiger partial charge in [0.25, 0.3) is 0 Å². The third kappa shape index (κ3) is 2.55. The lowest BCUT2D eigenvalue weighted by Crippen LogP contribution is -2.34. The van der Waals surface area contributed by atoms with Gasteiger partial charge >= 0.3 is 0 Å². The third-order valence-corrected chi connectivity index (χ3v) is 1.65. The van der Waals surface area contributed by atoms with Gasteiger partial charge in [-0.1, -0.05) is 12.1 Å². The predicted octanol–water partition coefficient (Wildman–Crippen LogP) is 0.659. The molecule has 1 aromatic rings. The number of anilines is 1. The summed E-state index contributed by atoms with van der Waals surface area (Å²) in [5, 5.41) is 6.14. The monoisotopic (exact) mass is 183 g/mol. The van der Waals surface area contributed by atoms with Crippen molar-refractivity contribution in [2.75, 3.05) is 5.32 Å². The van der Waals surface area contributed by atoms with Crippen molar-refractivity contribution in [1.82, 2.24) is 5.16 Å². The molecule has 0 aliphatic carbocycles. The summed E-state index contributed by atoms with van der Waals surface area (Å²) >= 11 is 0. The molecule has 1 aromatic heterocycles. The molecule has 1 rings (SSSR count). The van der Waals surface area contributed by atoms with Gasteiger partial charge in [0.15, 0.2) is 0 Å². The Labute approximate surface area is 76.3 Å². The lowest BCUT2D eigenvalue weighted by molar-refractivity contribution is -0.117. The van der Waals surface area contributed by atoms with Crippen LogP contribution in [-0.2, 0) is 4.79 Å². The smallest absolute Gasteiger partial charge is 0.243 e. The topological polar surface area (TPSA) is 81.2 Å². The SMILES string of the molecule is CC[C@H](N)C(=O)Nc1cc(C)no1. The van der Waals surface area contributed by atoms with Crippen LogP contribution >= 0.6 is 0 Å². The largest absolute Gasteiger partial charge is 0.338 e. The Morgan fingerprint density at radius 1 is 1.85 bits per heavy atom. The highest BCUT2D eigenvalue weighted by molar-refractivity contribution is 5.93. The Bertz CT molecular complexity index is 295. The second kappa shape index (κ2) is 4.04. The van der Waals surface area contributed by atoms with Crippen LogP contribution in [0.25, 0.3) is 0 Å². The summed E-state index contributed by atoms with van der Waals surface area (Å²) in [6.07, 6.45) is 0.596. The van der Waals surface area contributed by atoms with Gasteiger partial charge in [-0.2, -0.15) is 0 Å². The highest BCUT2D eigenvalue weighted by Gasteiger charge is 2.12. The second-order valence-corrected chi connectivity index (χ2v) is 2.84. The zero-order valence-electron chi connectivity index (χ0n) is 7.70. The number of hydrogen-bond donors (Lipinski definition) is 2. The second-order valence-electron chi connectivity index (χ2n) is 2.84. The first-order valence-corrected chi connectivity index (χ1v) is 4.13. The molecule has 1 amide bonds. The van der Waals surface area contributed by atoms with Gasteiger partial charge < -0.3 is 10.3 Å². The van der Waals surface area contributed by atoms with E-state index in [1.165, 1.54) is 0 Å². The van der Waals surface area contributed by atoms with E-state index >= 15 is 0 Å². The van der Waals surface area contributed by atoms with Gasteiger partial charge in [0.1, 0.15) is 0 Å². The molecule has 0 saturated heterocycles. The lowest BCUT2D eigenvalue weighted by atomic mass is 10.2. The highest BCUT2D eigenvalue weighted by Crippen LogP contribution is 2.08. The molecule has 0 aromatic carbocycles. The van der Waals surface area contributed by atoms with E-state index in [1.807, 2.05) is 6.92 Å². The van der Waals surface area contributed by atoms with E-state index in [9.17, 15) is 4.79 Å². The van der Waals surface area contributed by atoms with E-state index < -0.39 is 6.04 Å². The average molecular weight is 183 g/mol. The maximum Gasteiger partial charge on any atom is 0.243 e. The summed E-state index contributed by atoms with van der Waals surface area (Å²) in [6.45, 7) is 3.62. The molecule has 13 heavy (non-hydrogen) atoms. The molecule has 0 radical (unpaired) electrons. The zero-order valence-corrected chi connectivity index (χ0v) is 7.70. The van der Waals surface area contributed by atoms with Crippen molar-refractivity contribution in [3.8, 4) is 0 Å². The molecule has 1 atom stereocenters. The minimum absolute atomic E-state index is 0.251. The molecule has 0 unspecified atom stereocenters. The van der Waals surface area contributed by atoms with Crippen LogP contribution in [-0.4, -0.2) is 17.1 Å². The fourth-order valence-electron chi connectivity index (χ4n) is 0.822. The van der Waals surface area contributed by atoms with Gasteiger partial charge in [-0.15, -0.1) is 0 Å². The number of amides is 1. The molecule has 0 spiro atoms. The molecule has 72 valence electrons. The summed E-state index contributed by atoms with van der Waals surface area (Å²) in [7, 11) is 0. The van der Waals surface area contributed by atoms with Crippen LogP contribution in [0.15, 0.2) is 10.6 Å². The maximum absolute atomic E-state index is 11.2. The first-order chi connectivity index (χ1) is 6.13. The number of aryl methyl sites for hydroxylation is 1. The Morgan fingerprint density at radius 3 is 3.00 bits per heavy atom. The molecular formula is C8H13N3O2. The van der Waals surface area contributed by atoms with E-state index in [1.54, 1.807) is 13.0 Å². The standard InChI is InChI=1S/C8H13N3O2/c1-3-6(9)8(12)10-7-4-5(2)11-13-7/h4,6H,3,9H2,1-2H3,(H,10,12)/t6-/m0/s1. The Morgan fingerprint density at radius 2 is 2.54 bits per heavy atom. The van der Waals surface area contributed by atoms with E-state index in [0.29, 0.717) is 12.3 Å². The van der Waals surface area contributed by atoms with Gasteiger partial charge in [0.05, 0.1) is 11.7 Å². The molecule has 0 bridgehead atoms. The van der Waals surface area contributed by atoms with Crippen molar-refractivity contribution in [3.05, 3.63) is 11.8 Å². The number of hydrogen-bond acceptors (Lipinski definition) is 4. The number of nitrogens with one attached hydrogen (secondary N) is 1. The van der Waals surface area contributed by atoms with E-state index in [4.69, 9.17) is 10.3 Å². The summed E-state index contributed by atoms with van der Waals surface area (Å²) in [4.78, 5) is 11.2. The number of carbonyl (C=O) groups excluding carboxylic acids is 1. The molecule has 0 aliphatic rings. The van der Waals surface area contributed by atoms with Crippen LogP contribution in [0, 0.1) is 6.92 Å². The number of rotatable bonds is 3. The fraction of sp³-hybridized carbons (Fsp3) is 0.500. The normalized spacial score (nSPS) is 12.5. The number of aromatic nitrogens is 1.